The zero-order chi connectivity index (χ0) is 12.3. The molecule has 2 aliphatic rings. The van der Waals surface area contributed by atoms with Crippen LogP contribution >= 0.6 is 0 Å². The first-order chi connectivity index (χ1) is 7.92. The van der Waals surface area contributed by atoms with Crippen LogP contribution in [0.4, 0.5) is 5.95 Å². The third-order valence-corrected chi connectivity index (χ3v) is 5.25. The van der Waals surface area contributed by atoms with E-state index in [9.17, 15) is 0 Å². The van der Waals surface area contributed by atoms with Crippen molar-refractivity contribution >= 4 is 5.95 Å². The van der Waals surface area contributed by atoms with Crippen LogP contribution < -0.4 is 5.32 Å². The Balaban J connectivity index is 1.87. The van der Waals surface area contributed by atoms with Crippen molar-refractivity contribution < 1.29 is 0 Å². The highest BCUT2D eigenvalue weighted by molar-refractivity contribution is 5.32. The molecule has 1 aromatic heterocycles. The molecule has 1 aromatic rings. The van der Waals surface area contributed by atoms with Gasteiger partial charge in [-0.1, -0.05) is 20.8 Å². The Morgan fingerprint density at radius 2 is 2.18 bits per heavy atom. The monoisotopic (exact) mass is 233 g/mol. The van der Waals surface area contributed by atoms with E-state index in [4.69, 9.17) is 0 Å². The molecule has 3 nitrogen and oxygen atoms in total. The van der Waals surface area contributed by atoms with Crippen LogP contribution in [0.5, 0.6) is 0 Å². The number of nitrogens with one attached hydrogen (secondary N) is 2. The minimum atomic E-state index is 0.383. The Morgan fingerprint density at radius 3 is 2.71 bits per heavy atom. The number of fused-ring (bicyclic) bond motifs is 2. The highest BCUT2D eigenvalue weighted by Crippen LogP contribution is 2.62. The van der Waals surface area contributed by atoms with Gasteiger partial charge in [-0.3, -0.25) is 0 Å². The van der Waals surface area contributed by atoms with E-state index in [-0.39, 0.29) is 0 Å². The number of anilines is 1. The number of aromatic amines is 1. The molecule has 0 amide bonds. The lowest BCUT2D eigenvalue weighted by Crippen LogP contribution is -2.46. The molecule has 1 heterocycles. The second-order valence-corrected chi connectivity index (χ2v) is 6.91. The zero-order valence-corrected chi connectivity index (χ0v) is 11.3. The molecular weight excluding hydrogens is 210 g/mol. The standard InChI is InChI=1S/C14H23N3/c1-9-8-15-12(16-9)17-11-13(2,3)10-5-6-14(11,4)7-10/h8,10-11H,5-7H2,1-4H3,(H2,15,16,17). The van der Waals surface area contributed by atoms with Crippen molar-refractivity contribution in [2.75, 3.05) is 5.32 Å². The molecule has 3 atom stereocenters. The molecule has 0 aliphatic heterocycles. The number of hydrogen-bond acceptors (Lipinski definition) is 2. The smallest absolute Gasteiger partial charge is 0.200 e. The molecule has 2 N–H and O–H groups in total. The summed E-state index contributed by atoms with van der Waals surface area (Å²) in [6.07, 6.45) is 6.03. The normalized spacial score (nSPS) is 38.6. The molecule has 3 heteroatoms. The Labute approximate surface area is 103 Å². The second kappa shape index (κ2) is 3.27. The number of H-pyrrole nitrogens is 1. The summed E-state index contributed by atoms with van der Waals surface area (Å²) >= 11 is 0. The van der Waals surface area contributed by atoms with Crippen molar-refractivity contribution in [3.63, 3.8) is 0 Å². The molecule has 0 aromatic carbocycles. The second-order valence-electron chi connectivity index (χ2n) is 6.91. The van der Waals surface area contributed by atoms with Crippen LogP contribution in [0.3, 0.4) is 0 Å². The maximum atomic E-state index is 4.39. The summed E-state index contributed by atoms with van der Waals surface area (Å²) < 4.78 is 0. The summed E-state index contributed by atoms with van der Waals surface area (Å²) in [6, 6.07) is 0.541. The minimum Gasteiger partial charge on any atom is -0.352 e. The van der Waals surface area contributed by atoms with Gasteiger partial charge in [0.1, 0.15) is 0 Å². The van der Waals surface area contributed by atoms with E-state index < -0.39 is 0 Å². The van der Waals surface area contributed by atoms with E-state index in [1.807, 2.05) is 13.1 Å². The Bertz CT molecular complexity index is 430. The molecule has 17 heavy (non-hydrogen) atoms. The number of aryl methyl sites for hydroxylation is 1. The molecule has 2 saturated carbocycles. The van der Waals surface area contributed by atoms with Crippen molar-refractivity contribution in [3.05, 3.63) is 11.9 Å². The van der Waals surface area contributed by atoms with Gasteiger partial charge in [-0.2, -0.15) is 0 Å². The molecule has 0 radical (unpaired) electrons. The van der Waals surface area contributed by atoms with E-state index in [1.165, 1.54) is 19.3 Å². The lowest BCUT2D eigenvalue weighted by atomic mass is 9.68. The van der Waals surface area contributed by atoms with Crippen LogP contribution in [0.25, 0.3) is 0 Å². The van der Waals surface area contributed by atoms with Gasteiger partial charge in [0.05, 0.1) is 0 Å². The lowest BCUT2D eigenvalue weighted by molar-refractivity contribution is 0.155. The van der Waals surface area contributed by atoms with Crippen LogP contribution in [0.2, 0.25) is 0 Å². The SMILES string of the molecule is Cc1cnc(NC2C3(C)CCC(C3)C2(C)C)[nH]1. The number of hydrogen-bond donors (Lipinski definition) is 2. The van der Waals surface area contributed by atoms with E-state index >= 15 is 0 Å². The van der Waals surface area contributed by atoms with Crippen molar-refractivity contribution in [1.82, 2.24) is 9.97 Å². The van der Waals surface area contributed by atoms with Crippen molar-refractivity contribution in [2.24, 2.45) is 16.7 Å². The molecule has 2 fully saturated rings. The molecule has 3 unspecified atom stereocenters. The third kappa shape index (κ3) is 1.51. The average Bonchev–Trinajstić information content (AvgIpc) is 2.85. The van der Waals surface area contributed by atoms with Crippen LogP contribution in [-0.2, 0) is 0 Å². The van der Waals surface area contributed by atoms with E-state index in [0.717, 1.165) is 17.6 Å². The first-order valence-corrected chi connectivity index (χ1v) is 6.70. The van der Waals surface area contributed by atoms with Crippen LogP contribution in [0.15, 0.2) is 6.20 Å². The van der Waals surface area contributed by atoms with Gasteiger partial charge in [0.15, 0.2) is 0 Å². The predicted octanol–water partition coefficient (Wildman–Crippen LogP) is 3.34. The first-order valence-electron chi connectivity index (χ1n) is 6.70. The number of aromatic nitrogens is 2. The van der Waals surface area contributed by atoms with Gasteiger partial charge in [0.2, 0.25) is 5.95 Å². The van der Waals surface area contributed by atoms with Gasteiger partial charge in [-0.25, -0.2) is 4.98 Å². The number of rotatable bonds is 2. The van der Waals surface area contributed by atoms with E-state index in [2.05, 4.69) is 36.1 Å². The van der Waals surface area contributed by atoms with E-state index in [1.54, 1.807) is 0 Å². The summed E-state index contributed by atoms with van der Waals surface area (Å²) in [5, 5.41) is 3.66. The molecule has 3 rings (SSSR count). The van der Waals surface area contributed by atoms with Gasteiger partial charge in [0, 0.05) is 17.9 Å². The van der Waals surface area contributed by atoms with Gasteiger partial charge in [0.25, 0.3) is 0 Å². The first kappa shape index (κ1) is 11.1. The summed E-state index contributed by atoms with van der Waals surface area (Å²) in [7, 11) is 0. The third-order valence-electron chi connectivity index (χ3n) is 5.25. The zero-order valence-electron chi connectivity index (χ0n) is 11.3. The lowest BCUT2D eigenvalue weighted by Gasteiger charge is -2.43. The largest absolute Gasteiger partial charge is 0.352 e. The highest BCUT2D eigenvalue weighted by Gasteiger charge is 2.59. The van der Waals surface area contributed by atoms with Gasteiger partial charge >= 0.3 is 0 Å². The van der Waals surface area contributed by atoms with Gasteiger partial charge < -0.3 is 10.3 Å². The highest BCUT2D eigenvalue weighted by atomic mass is 15.2. The molecule has 2 bridgehead atoms. The fraction of sp³-hybridized carbons (Fsp3) is 0.786. The Morgan fingerprint density at radius 1 is 1.41 bits per heavy atom. The van der Waals surface area contributed by atoms with Crippen molar-refractivity contribution in [1.29, 1.82) is 0 Å². The molecule has 94 valence electrons. The van der Waals surface area contributed by atoms with E-state index in [0.29, 0.717) is 16.9 Å². The predicted molar refractivity (Wildman–Crippen MR) is 70.0 cm³/mol. The van der Waals surface area contributed by atoms with Crippen molar-refractivity contribution in [3.8, 4) is 0 Å². The minimum absolute atomic E-state index is 0.383. The van der Waals surface area contributed by atoms with Crippen LogP contribution in [-0.4, -0.2) is 16.0 Å². The quantitative estimate of drug-likeness (QED) is 0.822. The number of nitrogens with zero attached hydrogens (tertiary/aromatic N) is 1. The average molecular weight is 233 g/mol. The summed E-state index contributed by atoms with van der Waals surface area (Å²) in [6.45, 7) is 9.31. The summed E-state index contributed by atoms with van der Waals surface area (Å²) in [4.78, 5) is 7.69. The Kier molecular flexibility index (Phi) is 2.14. The fourth-order valence-electron chi connectivity index (χ4n) is 4.29. The summed E-state index contributed by atoms with van der Waals surface area (Å²) in [5.74, 6) is 1.82. The fourth-order valence-corrected chi connectivity index (χ4v) is 4.29. The van der Waals surface area contributed by atoms with Gasteiger partial charge in [-0.05, 0) is 42.9 Å². The molecule has 0 spiro atoms. The maximum absolute atomic E-state index is 4.39. The Hall–Kier alpha value is -0.990. The maximum Gasteiger partial charge on any atom is 0.200 e. The molecular formula is C14H23N3. The molecule has 0 saturated heterocycles. The topological polar surface area (TPSA) is 40.7 Å². The van der Waals surface area contributed by atoms with Gasteiger partial charge in [-0.15, -0.1) is 0 Å². The number of imidazole rings is 1. The van der Waals surface area contributed by atoms with Crippen LogP contribution in [0, 0.1) is 23.7 Å². The molecule has 2 aliphatic carbocycles. The van der Waals surface area contributed by atoms with Crippen molar-refractivity contribution in [2.45, 2.75) is 53.0 Å². The van der Waals surface area contributed by atoms with Crippen LogP contribution in [0.1, 0.15) is 45.7 Å². The summed E-state index contributed by atoms with van der Waals surface area (Å²) in [5.41, 5.74) is 1.96.